The molecule has 2 amide bonds. The van der Waals surface area contributed by atoms with Crippen LogP contribution in [0.2, 0.25) is 5.02 Å². The second-order valence-electron chi connectivity index (χ2n) is 7.77. The molecule has 1 unspecified atom stereocenters. The number of halogens is 1. The first-order chi connectivity index (χ1) is 13.9. The number of hydrogen-bond acceptors (Lipinski definition) is 3. The molecule has 154 valence electrons. The van der Waals surface area contributed by atoms with E-state index in [4.69, 9.17) is 11.6 Å². The smallest absolute Gasteiger partial charge is 0.252 e. The molecule has 0 saturated carbocycles. The van der Waals surface area contributed by atoms with Gasteiger partial charge in [-0.3, -0.25) is 9.59 Å². The van der Waals surface area contributed by atoms with Gasteiger partial charge in [0.2, 0.25) is 5.91 Å². The lowest BCUT2D eigenvalue weighted by molar-refractivity contribution is -0.134. The SMILES string of the molecule is Cc1ccccc1C(=O)NC(C(=O)N1CCN(c2ccccc2Cl)CC1)C(C)C. The van der Waals surface area contributed by atoms with Gasteiger partial charge in [-0.05, 0) is 36.6 Å². The van der Waals surface area contributed by atoms with E-state index in [2.05, 4.69) is 10.2 Å². The van der Waals surface area contributed by atoms with Crippen LogP contribution in [0.3, 0.4) is 0 Å². The zero-order valence-electron chi connectivity index (χ0n) is 17.2. The van der Waals surface area contributed by atoms with Crippen molar-refractivity contribution in [3.63, 3.8) is 0 Å². The minimum atomic E-state index is -0.547. The molecule has 0 spiro atoms. The van der Waals surface area contributed by atoms with Gasteiger partial charge in [0, 0.05) is 31.7 Å². The molecule has 1 fully saturated rings. The van der Waals surface area contributed by atoms with Gasteiger partial charge in [0.25, 0.3) is 5.91 Å². The Morgan fingerprint density at radius 1 is 0.966 bits per heavy atom. The summed E-state index contributed by atoms with van der Waals surface area (Å²) in [7, 11) is 0. The third-order valence-corrected chi connectivity index (χ3v) is 5.71. The fraction of sp³-hybridized carbons (Fsp3) is 0.391. The fourth-order valence-electron chi connectivity index (χ4n) is 3.63. The molecule has 3 rings (SSSR count). The standard InChI is InChI=1S/C23H28ClN3O2/c1-16(2)21(25-22(28)18-9-5-4-8-17(18)3)23(29)27-14-12-26(13-15-27)20-11-7-6-10-19(20)24/h4-11,16,21H,12-15H2,1-3H3,(H,25,28). The molecule has 29 heavy (non-hydrogen) atoms. The average molecular weight is 414 g/mol. The maximum Gasteiger partial charge on any atom is 0.252 e. The first-order valence-electron chi connectivity index (χ1n) is 10.0. The van der Waals surface area contributed by atoms with Crippen molar-refractivity contribution < 1.29 is 9.59 Å². The van der Waals surface area contributed by atoms with Crippen LogP contribution in [0, 0.1) is 12.8 Å². The van der Waals surface area contributed by atoms with Gasteiger partial charge < -0.3 is 15.1 Å². The summed E-state index contributed by atoms with van der Waals surface area (Å²) in [5, 5.41) is 3.68. The van der Waals surface area contributed by atoms with Crippen LogP contribution in [0.1, 0.15) is 29.8 Å². The summed E-state index contributed by atoms with van der Waals surface area (Å²) in [4.78, 5) is 29.9. The highest BCUT2D eigenvalue weighted by atomic mass is 35.5. The molecular weight excluding hydrogens is 386 g/mol. The Bertz CT molecular complexity index is 876. The molecule has 0 radical (unpaired) electrons. The number of carbonyl (C=O) groups excluding carboxylic acids is 2. The Kier molecular flexibility index (Phi) is 6.80. The highest BCUT2D eigenvalue weighted by Gasteiger charge is 2.31. The Hall–Kier alpha value is -2.53. The van der Waals surface area contributed by atoms with Gasteiger partial charge in [-0.25, -0.2) is 0 Å². The van der Waals surface area contributed by atoms with Gasteiger partial charge in [0.05, 0.1) is 10.7 Å². The van der Waals surface area contributed by atoms with E-state index in [0.717, 1.165) is 16.3 Å². The van der Waals surface area contributed by atoms with Crippen molar-refractivity contribution in [1.29, 1.82) is 0 Å². The third-order valence-electron chi connectivity index (χ3n) is 5.39. The number of aryl methyl sites for hydroxylation is 1. The molecule has 2 aromatic rings. The molecular formula is C23H28ClN3O2. The van der Waals surface area contributed by atoms with Crippen LogP contribution in [-0.2, 0) is 4.79 Å². The second-order valence-corrected chi connectivity index (χ2v) is 8.18. The number of para-hydroxylation sites is 1. The maximum atomic E-state index is 13.2. The summed E-state index contributed by atoms with van der Waals surface area (Å²) in [6.07, 6.45) is 0. The van der Waals surface area contributed by atoms with Gasteiger partial charge in [0.15, 0.2) is 0 Å². The Morgan fingerprint density at radius 3 is 2.21 bits per heavy atom. The number of hydrogen-bond donors (Lipinski definition) is 1. The number of nitrogens with one attached hydrogen (secondary N) is 1. The number of anilines is 1. The van der Waals surface area contributed by atoms with Crippen molar-refractivity contribution in [2.24, 2.45) is 5.92 Å². The van der Waals surface area contributed by atoms with E-state index >= 15 is 0 Å². The van der Waals surface area contributed by atoms with Crippen molar-refractivity contribution >= 4 is 29.1 Å². The van der Waals surface area contributed by atoms with Crippen LogP contribution in [0.4, 0.5) is 5.69 Å². The van der Waals surface area contributed by atoms with Crippen LogP contribution >= 0.6 is 11.6 Å². The minimum absolute atomic E-state index is 0.00272. The fourth-order valence-corrected chi connectivity index (χ4v) is 3.89. The molecule has 0 aliphatic carbocycles. The number of rotatable bonds is 5. The van der Waals surface area contributed by atoms with E-state index in [1.807, 2.05) is 68.1 Å². The van der Waals surface area contributed by atoms with Crippen LogP contribution in [0.25, 0.3) is 0 Å². The van der Waals surface area contributed by atoms with Crippen molar-refractivity contribution in [1.82, 2.24) is 10.2 Å². The average Bonchev–Trinajstić information content (AvgIpc) is 2.72. The lowest BCUT2D eigenvalue weighted by atomic mass is 10.0. The van der Waals surface area contributed by atoms with Gasteiger partial charge in [-0.2, -0.15) is 0 Å². The molecule has 1 aliphatic rings. The van der Waals surface area contributed by atoms with E-state index in [9.17, 15) is 9.59 Å². The molecule has 1 aliphatic heterocycles. The van der Waals surface area contributed by atoms with E-state index in [0.29, 0.717) is 31.7 Å². The monoisotopic (exact) mass is 413 g/mol. The summed E-state index contributed by atoms with van der Waals surface area (Å²) in [5.74, 6) is -0.234. The third kappa shape index (κ3) is 4.91. The molecule has 0 aromatic heterocycles. The summed E-state index contributed by atoms with van der Waals surface area (Å²) in [5.41, 5.74) is 2.50. The summed E-state index contributed by atoms with van der Waals surface area (Å²) in [6, 6.07) is 14.6. The van der Waals surface area contributed by atoms with Gasteiger partial charge in [-0.15, -0.1) is 0 Å². The van der Waals surface area contributed by atoms with Crippen molar-refractivity contribution in [3.8, 4) is 0 Å². The second kappa shape index (κ2) is 9.31. The normalized spacial score (nSPS) is 15.3. The van der Waals surface area contributed by atoms with Crippen LogP contribution in [0.5, 0.6) is 0 Å². The first-order valence-corrected chi connectivity index (χ1v) is 10.4. The number of carbonyl (C=O) groups is 2. The van der Waals surface area contributed by atoms with E-state index in [1.54, 1.807) is 6.07 Å². The highest BCUT2D eigenvalue weighted by Crippen LogP contribution is 2.26. The van der Waals surface area contributed by atoms with Crippen LogP contribution < -0.4 is 10.2 Å². The van der Waals surface area contributed by atoms with Crippen LogP contribution in [0.15, 0.2) is 48.5 Å². The van der Waals surface area contributed by atoms with Gasteiger partial charge in [0.1, 0.15) is 6.04 Å². The zero-order chi connectivity index (χ0) is 21.0. The Labute approximate surface area is 177 Å². The Morgan fingerprint density at radius 2 is 1.59 bits per heavy atom. The minimum Gasteiger partial charge on any atom is -0.367 e. The van der Waals surface area contributed by atoms with Gasteiger partial charge >= 0.3 is 0 Å². The van der Waals surface area contributed by atoms with E-state index in [1.165, 1.54) is 0 Å². The van der Waals surface area contributed by atoms with Crippen molar-refractivity contribution in [2.45, 2.75) is 26.8 Å². The molecule has 1 saturated heterocycles. The molecule has 1 N–H and O–H groups in total. The number of benzene rings is 2. The van der Waals surface area contributed by atoms with E-state index < -0.39 is 6.04 Å². The predicted octanol–water partition coefficient (Wildman–Crippen LogP) is 3.75. The molecule has 2 aromatic carbocycles. The molecule has 1 atom stereocenters. The molecule has 1 heterocycles. The summed E-state index contributed by atoms with van der Waals surface area (Å²) < 4.78 is 0. The first kappa shape index (κ1) is 21.2. The quantitative estimate of drug-likeness (QED) is 0.812. The summed E-state index contributed by atoms with van der Waals surface area (Å²) in [6.45, 7) is 8.45. The molecule has 6 heteroatoms. The topological polar surface area (TPSA) is 52.7 Å². The molecule has 0 bridgehead atoms. The zero-order valence-corrected chi connectivity index (χ0v) is 17.9. The van der Waals surface area contributed by atoms with Crippen molar-refractivity contribution in [3.05, 3.63) is 64.7 Å². The lowest BCUT2D eigenvalue weighted by Crippen LogP contribution is -2.56. The number of piperazine rings is 1. The maximum absolute atomic E-state index is 13.2. The highest BCUT2D eigenvalue weighted by molar-refractivity contribution is 6.33. The lowest BCUT2D eigenvalue weighted by Gasteiger charge is -2.38. The predicted molar refractivity (Wildman–Crippen MR) is 118 cm³/mol. The van der Waals surface area contributed by atoms with Gasteiger partial charge in [-0.1, -0.05) is 55.8 Å². The largest absolute Gasteiger partial charge is 0.367 e. The van der Waals surface area contributed by atoms with Crippen molar-refractivity contribution in [2.75, 3.05) is 31.1 Å². The number of nitrogens with zero attached hydrogens (tertiary/aromatic N) is 2. The number of amides is 2. The molecule has 5 nitrogen and oxygen atoms in total. The Balaban J connectivity index is 1.65. The van der Waals surface area contributed by atoms with Crippen LogP contribution in [-0.4, -0.2) is 48.9 Å². The summed E-state index contributed by atoms with van der Waals surface area (Å²) >= 11 is 6.31. The van der Waals surface area contributed by atoms with E-state index in [-0.39, 0.29) is 17.7 Å².